The van der Waals surface area contributed by atoms with Crippen LogP contribution in [0.1, 0.15) is 34.1 Å². The minimum absolute atomic E-state index is 0.186. The Hall–Kier alpha value is -0.940. The molecule has 0 atom stereocenters. The van der Waals surface area contributed by atoms with E-state index in [1.807, 2.05) is 10.4 Å². The molecule has 4 nitrogen and oxygen atoms in total. The van der Waals surface area contributed by atoms with Gasteiger partial charge in [-0.1, -0.05) is 0 Å². The first kappa shape index (κ1) is 10.2. The van der Waals surface area contributed by atoms with E-state index in [-0.39, 0.29) is 5.91 Å². The van der Waals surface area contributed by atoms with Gasteiger partial charge < -0.3 is 10.2 Å². The van der Waals surface area contributed by atoms with E-state index < -0.39 is 0 Å². The standard InChI is InChI=1S/C11H15N3OS/c15-11(14-5-3-12-4-6-14)10-9(8-1-2-8)13-7-16-10/h7-8,12H,1-6H2. The summed E-state index contributed by atoms with van der Waals surface area (Å²) in [6.07, 6.45) is 2.40. The zero-order chi connectivity index (χ0) is 11.0. The van der Waals surface area contributed by atoms with Gasteiger partial charge in [0.05, 0.1) is 11.2 Å². The first-order valence-electron chi connectivity index (χ1n) is 5.79. The van der Waals surface area contributed by atoms with Crippen molar-refractivity contribution in [2.45, 2.75) is 18.8 Å². The molecule has 1 aliphatic carbocycles. The first-order chi connectivity index (χ1) is 7.86. The number of hydrogen-bond acceptors (Lipinski definition) is 4. The minimum Gasteiger partial charge on any atom is -0.335 e. The number of piperazine rings is 1. The van der Waals surface area contributed by atoms with Crippen molar-refractivity contribution >= 4 is 17.2 Å². The number of amides is 1. The van der Waals surface area contributed by atoms with Crippen LogP contribution in [0.15, 0.2) is 5.51 Å². The lowest BCUT2D eigenvalue weighted by molar-refractivity contribution is 0.0739. The molecule has 0 unspecified atom stereocenters. The highest BCUT2D eigenvalue weighted by molar-refractivity contribution is 7.11. The quantitative estimate of drug-likeness (QED) is 0.836. The molecule has 1 saturated heterocycles. The Morgan fingerprint density at radius 1 is 1.44 bits per heavy atom. The van der Waals surface area contributed by atoms with Crippen molar-refractivity contribution in [3.63, 3.8) is 0 Å². The Morgan fingerprint density at radius 3 is 2.88 bits per heavy atom. The highest BCUT2D eigenvalue weighted by Gasteiger charge is 2.32. The second-order valence-electron chi connectivity index (χ2n) is 4.38. The normalized spacial score (nSPS) is 21.1. The summed E-state index contributed by atoms with van der Waals surface area (Å²) in [7, 11) is 0. The van der Waals surface area contributed by atoms with E-state index in [0.717, 1.165) is 36.8 Å². The fourth-order valence-electron chi connectivity index (χ4n) is 2.07. The number of rotatable bonds is 2. The Labute approximate surface area is 98.7 Å². The number of hydrogen-bond donors (Lipinski definition) is 1. The van der Waals surface area contributed by atoms with Gasteiger partial charge in [0.1, 0.15) is 4.88 Å². The van der Waals surface area contributed by atoms with E-state index in [0.29, 0.717) is 5.92 Å². The molecular weight excluding hydrogens is 222 g/mol. The van der Waals surface area contributed by atoms with E-state index in [1.54, 1.807) is 0 Å². The molecule has 0 radical (unpaired) electrons. The SMILES string of the molecule is O=C(c1scnc1C1CC1)N1CCNCC1. The van der Waals surface area contributed by atoms with Gasteiger partial charge in [0.15, 0.2) is 0 Å². The number of carbonyl (C=O) groups is 1. The van der Waals surface area contributed by atoms with Gasteiger partial charge in [-0.15, -0.1) is 11.3 Å². The molecule has 2 aliphatic rings. The molecule has 0 aromatic carbocycles. The highest BCUT2D eigenvalue weighted by atomic mass is 32.1. The molecule has 3 rings (SSSR count). The summed E-state index contributed by atoms with van der Waals surface area (Å²) in [4.78, 5) is 19.5. The average molecular weight is 237 g/mol. The van der Waals surface area contributed by atoms with Crippen molar-refractivity contribution in [3.8, 4) is 0 Å². The summed E-state index contributed by atoms with van der Waals surface area (Å²) in [6.45, 7) is 3.45. The molecule has 2 fully saturated rings. The maximum Gasteiger partial charge on any atom is 0.265 e. The predicted molar refractivity (Wildman–Crippen MR) is 62.9 cm³/mol. The van der Waals surface area contributed by atoms with Crippen molar-refractivity contribution in [1.29, 1.82) is 0 Å². The Balaban J connectivity index is 1.79. The van der Waals surface area contributed by atoms with Gasteiger partial charge in [-0.2, -0.15) is 0 Å². The molecular formula is C11H15N3OS. The van der Waals surface area contributed by atoms with Crippen molar-refractivity contribution in [1.82, 2.24) is 15.2 Å². The summed E-state index contributed by atoms with van der Waals surface area (Å²) in [5, 5.41) is 3.26. The minimum atomic E-state index is 0.186. The van der Waals surface area contributed by atoms with E-state index >= 15 is 0 Å². The number of nitrogens with zero attached hydrogens (tertiary/aromatic N) is 2. The molecule has 5 heteroatoms. The summed E-state index contributed by atoms with van der Waals surface area (Å²) in [6, 6.07) is 0. The van der Waals surface area contributed by atoms with E-state index in [9.17, 15) is 4.79 Å². The third-order valence-electron chi connectivity index (χ3n) is 3.16. The van der Waals surface area contributed by atoms with Gasteiger partial charge in [-0.25, -0.2) is 4.98 Å². The number of nitrogens with one attached hydrogen (secondary N) is 1. The van der Waals surface area contributed by atoms with Crippen LogP contribution >= 0.6 is 11.3 Å². The zero-order valence-electron chi connectivity index (χ0n) is 9.11. The second-order valence-corrected chi connectivity index (χ2v) is 5.24. The van der Waals surface area contributed by atoms with Crippen LogP contribution in [0, 0.1) is 0 Å². The Kier molecular flexibility index (Phi) is 2.65. The van der Waals surface area contributed by atoms with Crippen LogP contribution in [0.25, 0.3) is 0 Å². The van der Waals surface area contributed by atoms with E-state index in [1.165, 1.54) is 24.2 Å². The second kappa shape index (κ2) is 4.14. The van der Waals surface area contributed by atoms with Crippen LogP contribution in [-0.4, -0.2) is 42.0 Å². The van der Waals surface area contributed by atoms with Gasteiger partial charge >= 0.3 is 0 Å². The maximum atomic E-state index is 12.3. The summed E-state index contributed by atoms with van der Waals surface area (Å²) in [5.41, 5.74) is 2.86. The first-order valence-corrected chi connectivity index (χ1v) is 6.67. The fourth-order valence-corrected chi connectivity index (χ4v) is 2.92. The topological polar surface area (TPSA) is 45.2 Å². The largest absolute Gasteiger partial charge is 0.335 e. The van der Waals surface area contributed by atoms with E-state index in [2.05, 4.69) is 10.3 Å². The molecule has 2 heterocycles. The molecule has 0 bridgehead atoms. The maximum absolute atomic E-state index is 12.3. The summed E-state index contributed by atoms with van der Waals surface area (Å²) >= 11 is 1.50. The van der Waals surface area contributed by atoms with Crippen LogP contribution in [0.5, 0.6) is 0 Å². The molecule has 16 heavy (non-hydrogen) atoms. The van der Waals surface area contributed by atoms with Crippen LogP contribution in [0.2, 0.25) is 0 Å². The zero-order valence-corrected chi connectivity index (χ0v) is 9.92. The monoisotopic (exact) mass is 237 g/mol. The Bertz CT molecular complexity index is 394. The van der Waals surface area contributed by atoms with Gasteiger partial charge in [-0.05, 0) is 12.8 Å². The smallest absolute Gasteiger partial charge is 0.265 e. The molecule has 0 spiro atoms. The molecule has 1 aromatic rings. The number of thiazole rings is 1. The average Bonchev–Trinajstić information content (AvgIpc) is 3.07. The van der Waals surface area contributed by atoms with Gasteiger partial charge in [0.25, 0.3) is 5.91 Å². The van der Waals surface area contributed by atoms with Crippen LogP contribution < -0.4 is 5.32 Å². The third kappa shape index (κ3) is 1.85. The molecule has 1 aromatic heterocycles. The molecule has 1 aliphatic heterocycles. The number of aromatic nitrogens is 1. The lowest BCUT2D eigenvalue weighted by atomic mass is 10.2. The molecule has 1 saturated carbocycles. The van der Waals surface area contributed by atoms with E-state index in [4.69, 9.17) is 0 Å². The predicted octanol–water partition coefficient (Wildman–Crippen LogP) is 1.07. The highest BCUT2D eigenvalue weighted by Crippen LogP contribution is 2.42. The molecule has 1 amide bonds. The lowest BCUT2D eigenvalue weighted by Gasteiger charge is -2.27. The van der Waals surface area contributed by atoms with Crippen LogP contribution in [0.3, 0.4) is 0 Å². The Morgan fingerprint density at radius 2 is 2.19 bits per heavy atom. The lowest BCUT2D eigenvalue weighted by Crippen LogP contribution is -2.46. The van der Waals surface area contributed by atoms with Gasteiger partial charge in [0.2, 0.25) is 0 Å². The molecule has 1 N–H and O–H groups in total. The van der Waals surface area contributed by atoms with Crippen LogP contribution in [0.4, 0.5) is 0 Å². The van der Waals surface area contributed by atoms with Crippen molar-refractivity contribution in [2.24, 2.45) is 0 Å². The molecule has 86 valence electrons. The van der Waals surface area contributed by atoms with Crippen LogP contribution in [-0.2, 0) is 0 Å². The third-order valence-corrected chi connectivity index (χ3v) is 3.99. The van der Waals surface area contributed by atoms with Gasteiger partial charge in [0, 0.05) is 32.1 Å². The van der Waals surface area contributed by atoms with Gasteiger partial charge in [-0.3, -0.25) is 4.79 Å². The fraction of sp³-hybridized carbons (Fsp3) is 0.636. The van der Waals surface area contributed by atoms with Crippen molar-refractivity contribution in [2.75, 3.05) is 26.2 Å². The number of carbonyl (C=O) groups excluding carboxylic acids is 1. The summed E-state index contributed by atoms with van der Waals surface area (Å²) < 4.78 is 0. The van der Waals surface area contributed by atoms with Crippen molar-refractivity contribution < 1.29 is 4.79 Å². The van der Waals surface area contributed by atoms with Crippen molar-refractivity contribution in [3.05, 3.63) is 16.1 Å². The summed E-state index contributed by atoms with van der Waals surface area (Å²) in [5.74, 6) is 0.749.